The maximum absolute atomic E-state index is 12.4. The van der Waals surface area contributed by atoms with Gasteiger partial charge in [0, 0.05) is 35.1 Å². The van der Waals surface area contributed by atoms with Crippen LogP contribution in [-0.4, -0.2) is 28.9 Å². The fourth-order valence-electron chi connectivity index (χ4n) is 2.22. The number of hydrogen-bond acceptors (Lipinski definition) is 3. The number of halogens is 1. The number of carbonyl (C=O) groups excluding carboxylic acids is 1. The maximum Gasteiger partial charge on any atom is 0.272 e. The van der Waals surface area contributed by atoms with Gasteiger partial charge in [-0.05, 0) is 56.7 Å². The van der Waals surface area contributed by atoms with Crippen LogP contribution in [0, 0.1) is 6.92 Å². The average Bonchev–Trinajstić information content (AvgIpc) is 2.51. The summed E-state index contributed by atoms with van der Waals surface area (Å²) in [6, 6.07) is 9.69. The van der Waals surface area contributed by atoms with E-state index in [1.54, 1.807) is 17.2 Å². The molecule has 0 atom stereocenters. The molecule has 0 fully saturated rings. The van der Waals surface area contributed by atoms with E-state index in [0.717, 1.165) is 21.4 Å². The number of benzene rings is 1. The molecular formula is C17H20BrN3O. The molecule has 0 aliphatic heterocycles. The molecule has 0 aliphatic carbocycles. The van der Waals surface area contributed by atoms with Gasteiger partial charge in [-0.3, -0.25) is 9.78 Å². The van der Waals surface area contributed by atoms with Crippen molar-refractivity contribution in [3.05, 3.63) is 52.3 Å². The van der Waals surface area contributed by atoms with Gasteiger partial charge in [-0.2, -0.15) is 0 Å². The van der Waals surface area contributed by atoms with Crippen molar-refractivity contribution in [3.8, 4) is 0 Å². The van der Waals surface area contributed by atoms with E-state index in [1.165, 1.54) is 0 Å². The summed E-state index contributed by atoms with van der Waals surface area (Å²) in [7, 11) is 0. The first-order valence-electron chi connectivity index (χ1n) is 7.33. The highest BCUT2D eigenvalue weighted by Crippen LogP contribution is 2.24. The molecule has 5 heteroatoms. The Kier molecular flexibility index (Phi) is 5.55. The third-order valence-electron chi connectivity index (χ3n) is 3.50. The number of anilines is 2. The molecule has 0 aliphatic rings. The van der Waals surface area contributed by atoms with Crippen molar-refractivity contribution < 1.29 is 4.79 Å². The van der Waals surface area contributed by atoms with Crippen molar-refractivity contribution >= 4 is 33.2 Å². The molecule has 0 unspecified atom stereocenters. The van der Waals surface area contributed by atoms with E-state index in [-0.39, 0.29) is 5.91 Å². The lowest BCUT2D eigenvalue weighted by atomic mass is 10.2. The number of nitrogens with zero attached hydrogens (tertiary/aromatic N) is 2. The predicted molar refractivity (Wildman–Crippen MR) is 93.7 cm³/mol. The van der Waals surface area contributed by atoms with Crippen LogP contribution in [0.25, 0.3) is 0 Å². The summed E-state index contributed by atoms with van der Waals surface area (Å²) in [5.74, 6) is -0.0406. The van der Waals surface area contributed by atoms with Crippen LogP contribution in [0.5, 0.6) is 0 Å². The summed E-state index contributed by atoms with van der Waals surface area (Å²) in [5.41, 5.74) is 3.46. The van der Waals surface area contributed by atoms with Crippen molar-refractivity contribution in [2.75, 3.05) is 18.4 Å². The largest absolute Gasteiger partial charge is 0.355 e. The van der Waals surface area contributed by atoms with Gasteiger partial charge in [-0.25, -0.2) is 0 Å². The Morgan fingerprint density at radius 2 is 1.95 bits per heavy atom. The first kappa shape index (κ1) is 16.5. The standard InChI is InChI=1S/C17H20BrN3O/c1-4-21(5-2)17(22)16-11-14(8-9-19-16)20-15-7-6-13(18)10-12(15)3/h6-11H,4-5H2,1-3H3,(H,19,20). The molecular weight excluding hydrogens is 342 g/mol. The fourth-order valence-corrected chi connectivity index (χ4v) is 2.70. The second-order valence-electron chi connectivity index (χ2n) is 4.99. The van der Waals surface area contributed by atoms with Gasteiger partial charge in [-0.15, -0.1) is 0 Å². The zero-order chi connectivity index (χ0) is 16.1. The SMILES string of the molecule is CCN(CC)C(=O)c1cc(Nc2ccc(Br)cc2C)ccn1. The number of amides is 1. The normalized spacial score (nSPS) is 10.4. The quantitative estimate of drug-likeness (QED) is 0.859. The van der Waals surface area contributed by atoms with E-state index in [2.05, 4.69) is 26.2 Å². The molecule has 0 radical (unpaired) electrons. The highest BCUT2D eigenvalue weighted by atomic mass is 79.9. The van der Waals surface area contributed by atoms with Crippen LogP contribution >= 0.6 is 15.9 Å². The summed E-state index contributed by atoms with van der Waals surface area (Å²) in [6.45, 7) is 7.33. The highest BCUT2D eigenvalue weighted by molar-refractivity contribution is 9.10. The Bertz CT molecular complexity index is 669. The first-order chi connectivity index (χ1) is 10.5. The summed E-state index contributed by atoms with van der Waals surface area (Å²) in [5, 5.41) is 3.34. The van der Waals surface area contributed by atoms with Gasteiger partial charge in [0.1, 0.15) is 5.69 Å². The molecule has 1 heterocycles. The summed E-state index contributed by atoms with van der Waals surface area (Å²) in [4.78, 5) is 18.3. The Labute approximate surface area is 139 Å². The number of nitrogens with one attached hydrogen (secondary N) is 1. The average molecular weight is 362 g/mol. The Balaban J connectivity index is 2.23. The molecule has 4 nitrogen and oxygen atoms in total. The third-order valence-corrected chi connectivity index (χ3v) is 3.99. The van der Waals surface area contributed by atoms with Gasteiger partial charge in [-0.1, -0.05) is 15.9 Å². The van der Waals surface area contributed by atoms with Gasteiger partial charge in [0.05, 0.1) is 0 Å². The van der Waals surface area contributed by atoms with Gasteiger partial charge < -0.3 is 10.2 Å². The number of carbonyl (C=O) groups is 1. The van der Waals surface area contributed by atoms with Crippen LogP contribution in [-0.2, 0) is 0 Å². The van der Waals surface area contributed by atoms with Crippen LogP contribution in [0.3, 0.4) is 0 Å². The molecule has 1 amide bonds. The van der Waals surface area contributed by atoms with Gasteiger partial charge >= 0.3 is 0 Å². The van der Waals surface area contributed by atoms with Gasteiger partial charge in [0.15, 0.2) is 0 Å². The monoisotopic (exact) mass is 361 g/mol. The highest BCUT2D eigenvalue weighted by Gasteiger charge is 2.14. The van der Waals surface area contributed by atoms with Crippen molar-refractivity contribution in [1.82, 2.24) is 9.88 Å². The number of pyridine rings is 1. The first-order valence-corrected chi connectivity index (χ1v) is 8.13. The third kappa shape index (κ3) is 3.85. The van der Waals surface area contributed by atoms with Crippen LogP contribution in [0.1, 0.15) is 29.9 Å². The summed E-state index contributed by atoms with van der Waals surface area (Å²) < 4.78 is 1.04. The van der Waals surface area contributed by atoms with E-state index >= 15 is 0 Å². The van der Waals surface area contributed by atoms with Crippen molar-refractivity contribution in [1.29, 1.82) is 0 Å². The Hall–Kier alpha value is -1.88. The number of rotatable bonds is 5. The van der Waals surface area contributed by atoms with E-state index in [0.29, 0.717) is 18.8 Å². The smallest absolute Gasteiger partial charge is 0.272 e. The molecule has 2 rings (SSSR count). The minimum absolute atomic E-state index is 0.0406. The number of hydrogen-bond donors (Lipinski definition) is 1. The minimum Gasteiger partial charge on any atom is -0.355 e. The molecule has 0 bridgehead atoms. The molecule has 2 aromatic rings. The lowest BCUT2D eigenvalue weighted by Gasteiger charge is -2.18. The van der Waals surface area contributed by atoms with Crippen molar-refractivity contribution in [2.45, 2.75) is 20.8 Å². The molecule has 0 saturated carbocycles. The molecule has 22 heavy (non-hydrogen) atoms. The van der Waals surface area contributed by atoms with Crippen molar-refractivity contribution in [3.63, 3.8) is 0 Å². The number of aromatic nitrogens is 1. The van der Waals surface area contributed by atoms with Crippen LogP contribution in [0.4, 0.5) is 11.4 Å². The summed E-state index contributed by atoms with van der Waals surface area (Å²) >= 11 is 3.46. The van der Waals surface area contributed by atoms with E-state index < -0.39 is 0 Å². The molecule has 1 N–H and O–H groups in total. The lowest BCUT2D eigenvalue weighted by molar-refractivity contribution is 0.0767. The zero-order valence-corrected chi connectivity index (χ0v) is 14.6. The number of aryl methyl sites for hydroxylation is 1. The molecule has 1 aromatic carbocycles. The van der Waals surface area contributed by atoms with Crippen molar-refractivity contribution in [2.24, 2.45) is 0 Å². The second-order valence-corrected chi connectivity index (χ2v) is 5.91. The molecule has 0 spiro atoms. The molecule has 116 valence electrons. The van der Waals surface area contributed by atoms with Crippen LogP contribution in [0.15, 0.2) is 41.0 Å². The van der Waals surface area contributed by atoms with E-state index in [4.69, 9.17) is 0 Å². The lowest BCUT2D eigenvalue weighted by Crippen LogP contribution is -2.31. The van der Waals surface area contributed by atoms with Gasteiger partial charge in [0.2, 0.25) is 0 Å². The Morgan fingerprint density at radius 3 is 2.59 bits per heavy atom. The predicted octanol–water partition coefficient (Wildman–Crippen LogP) is 4.38. The van der Waals surface area contributed by atoms with E-state index in [9.17, 15) is 4.79 Å². The molecule has 0 saturated heterocycles. The van der Waals surface area contributed by atoms with Crippen LogP contribution < -0.4 is 5.32 Å². The minimum atomic E-state index is -0.0406. The summed E-state index contributed by atoms with van der Waals surface area (Å²) in [6.07, 6.45) is 1.66. The molecule has 1 aromatic heterocycles. The topological polar surface area (TPSA) is 45.2 Å². The zero-order valence-electron chi connectivity index (χ0n) is 13.1. The maximum atomic E-state index is 12.4. The Morgan fingerprint density at radius 1 is 1.23 bits per heavy atom. The van der Waals surface area contributed by atoms with Crippen LogP contribution in [0.2, 0.25) is 0 Å². The second kappa shape index (κ2) is 7.40. The van der Waals surface area contributed by atoms with Gasteiger partial charge in [0.25, 0.3) is 5.91 Å². The van der Waals surface area contributed by atoms with E-state index in [1.807, 2.05) is 45.0 Å². The fraction of sp³-hybridized carbons (Fsp3) is 0.294.